The first-order valence-electron chi connectivity index (χ1n) is 6.29. The minimum Gasteiger partial charge on any atom is -0.436 e. The van der Waals surface area contributed by atoms with Gasteiger partial charge in [0, 0.05) is 17.5 Å². The van der Waals surface area contributed by atoms with Crippen LogP contribution in [0.2, 0.25) is 0 Å². The second-order valence-electron chi connectivity index (χ2n) is 4.60. The molecule has 1 aromatic heterocycles. The van der Waals surface area contributed by atoms with Gasteiger partial charge in [0.15, 0.2) is 5.75 Å². The number of nitrogens with zero attached hydrogens (tertiary/aromatic N) is 1. The van der Waals surface area contributed by atoms with Crippen molar-refractivity contribution >= 4 is 16.6 Å². The zero-order valence-corrected chi connectivity index (χ0v) is 10.3. The molecule has 0 radical (unpaired) electrons. The predicted molar refractivity (Wildman–Crippen MR) is 75.6 cm³/mol. The van der Waals surface area contributed by atoms with Crippen molar-refractivity contribution in [3.8, 4) is 11.6 Å². The molecular weight excluding hydrogens is 236 g/mol. The van der Waals surface area contributed by atoms with E-state index in [0.29, 0.717) is 5.88 Å². The summed E-state index contributed by atoms with van der Waals surface area (Å²) in [7, 11) is 0. The summed E-state index contributed by atoms with van der Waals surface area (Å²) in [5.74, 6) is 1.51. The van der Waals surface area contributed by atoms with Gasteiger partial charge >= 0.3 is 0 Å². The van der Waals surface area contributed by atoms with E-state index in [2.05, 4.69) is 22.4 Å². The Morgan fingerprint density at radius 1 is 1.00 bits per heavy atom. The van der Waals surface area contributed by atoms with Crippen LogP contribution >= 0.6 is 0 Å². The lowest BCUT2D eigenvalue weighted by Gasteiger charge is -2.07. The number of benzene rings is 2. The number of hydrogen-bond acceptors (Lipinski definition) is 3. The Morgan fingerprint density at radius 2 is 1.84 bits per heavy atom. The maximum atomic E-state index is 5.94. The van der Waals surface area contributed by atoms with E-state index in [1.807, 2.05) is 42.5 Å². The lowest BCUT2D eigenvalue weighted by molar-refractivity contribution is 0.466. The Balaban J connectivity index is 1.90. The van der Waals surface area contributed by atoms with Crippen molar-refractivity contribution in [3.05, 3.63) is 60.2 Å². The van der Waals surface area contributed by atoms with Gasteiger partial charge in [-0.3, -0.25) is 0 Å². The molecule has 1 aliphatic heterocycles. The standard InChI is InChI=1S/C16H12N2O/c1-2-6-13-11(5-1)9-12-10-17-14-7-3-4-8-15(14)19-16(12)18-13/h1-9,17H,10H2. The number of pyridine rings is 1. The van der Waals surface area contributed by atoms with Crippen LogP contribution in [0.15, 0.2) is 54.6 Å². The molecule has 0 saturated carbocycles. The van der Waals surface area contributed by atoms with E-state index in [4.69, 9.17) is 4.74 Å². The fraction of sp³-hybridized carbons (Fsp3) is 0.0625. The Hall–Kier alpha value is -2.55. The van der Waals surface area contributed by atoms with Gasteiger partial charge in [-0.25, -0.2) is 4.98 Å². The van der Waals surface area contributed by atoms with Gasteiger partial charge < -0.3 is 10.1 Å². The molecule has 1 N–H and O–H groups in total. The number of nitrogens with one attached hydrogen (secondary N) is 1. The normalized spacial score (nSPS) is 12.8. The summed E-state index contributed by atoms with van der Waals surface area (Å²) in [4.78, 5) is 4.61. The maximum absolute atomic E-state index is 5.94. The monoisotopic (exact) mass is 248 g/mol. The number of para-hydroxylation sites is 3. The van der Waals surface area contributed by atoms with E-state index < -0.39 is 0 Å². The number of rotatable bonds is 0. The Labute approximate surface area is 110 Å². The highest BCUT2D eigenvalue weighted by Crippen LogP contribution is 2.35. The number of hydrogen-bond donors (Lipinski definition) is 1. The minimum atomic E-state index is 0.691. The third kappa shape index (κ3) is 1.71. The van der Waals surface area contributed by atoms with Crippen molar-refractivity contribution in [3.63, 3.8) is 0 Å². The van der Waals surface area contributed by atoms with E-state index in [1.165, 1.54) is 0 Å². The van der Waals surface area contributed by atoms with Crippen LogP contribution in [0.25, 0.3) is 10.9 Å². The molecule has 0 unspecified atom stereocenters. The molecular formula is C16H12N2O. The van der Waals surface area contributed by atoms with Gasteiger partial charge in [-0.15, -0.1) is 0 Å². The van der Waals surface area contributed by atoms with Gasteiger partial charge in [-0.2, -0.15) is 0 Å². The molecule has 0 aliphatic carbocycles. The SMILES string of the molecule is c1ccc2c(c1)NCc1cc3ccccc3nc1O2. The molecule has 2 heterocycles. The Bertz CT molecular complexity index is 768. The van der Waals surface area contributed by atoms with Crippen LogP contribution in [0, 0.1) is 0 Å². The van der Waals surface area contributed by atoms with Crippen LogP contribution in [0.4, 0.5) is 5.69 Å². The van der Waals surface area contributed by atoms with E-state index in [0.717, 1.165) is 34.4 Å². The largest absolute Gasteiger partial charge is 0.436 e. The second-order valence-corrected chi connectivity index (χ2v) is 4.60. The molecule has 1 aliphatic rings. The fourth-order valence-corrected chi connectivity index (χ4v) is 2.35. The highest BCUT2D eigenvalue weighted by atomic mass is 16.5. The van der Waals surface area contributed by atoms with Crippen LogP contribution in [0.5, 0.6) is 11.6 Å². The molecule has 0 amide bonds. The number of aromatic nitrogens is 1. The van der Waals surface area contributed by atoms with Crippen molar-refractivity contribution in [2.45, 2.75) is 6.54 Å². The summed E-state index contributed by atoms with van der Waals surface area (Å²) >= 11 is 0. The molecule has 3 nitrogen and oxygen atoms in total. The van der Waals surface area contributed by atoms with Crippen molar-refractivity contribution in [2.24, 2.45) is 0 Å². The van der Waals surface area contributed by atoms with Crippen molar-refractivity contribution in [1.29, 1.82) is 0 Å². The quantitative estimate of drug-likeness (QED) is 0.654. The smallest absolute Gasteiger partial charge is 0.224 e. The summed E-state index contributed by atoms with van der Waals surface area (Å²) in [6.45, 7) is 0.726. The third-order valence-corrected chi connectivity index (χ3v) is 3.33. The van der Waals surface area contributed by atoms with Gasteiger partial charge in [0.25, 0.3) is 0 Å². The number of fused-ring (bicyclic) bond motifs is 3. The zero-order chi connectivity index (χ0) is 12.7. The zero-order valence-electron chi connectivity index (χ0n) is 10.3. The van der Waals surface area contributed by atoms with Gasteiger partial charge in [-0.05, 0) is 24.3 Å². The van der Waals surface area contributed by atoms with Crippen LogP contribution in [-0.2, 0) is 6.54 Å². The highest BCUT2D eigenvalue weighted by molar-refractivity contribution is 5.80. The molecule has 92 valence electrons. The van der Waals surface area contributed by atoms with Gasteiger partial charge in [0.05, 0.1) is 11.2 Å². The average molecular weight is 248 g/mol. The Kier molecular flexibility index (Phi) is 2.18. The average Bonchev–Trinajstić information content (AvgIpc) is 2.63. The van der Waals surface area contributed by atoms with Gasteiger partial charge in [0.1, 0.15) is 0 Å². The van der Waals surface area contributed by atoms with E-state index in [9.17, 15) is 0 Å². The first kappa shape index (κ1) is 10.4. The molecule has 0 saturated heterocycles. The molecule has 0 bridgehead atoms. The molecule has 3 aromatic rings. The minimum absolute atomic E-state index is 0.691. The Morgan fingerprint density at radius 3 is 2.84 bits per heavy atom. The molecule has 19 heavy (non-hydrogen) atoms. The first-order valence-corrected chi connectivity index (χ1v) is 6.29. The highest BCUT2D eigenvalue weighted by Gasteiger charge is 2.15. The topological polar surface area (TPSA) is 34.2 Å². The van der Waals surface area contributed by atoms with Crippen LogP contribution in [-0.4, -0.2) is 4.98 Å². The van der Waals surface area contributed by atoms with Crippen LogP contribution in [0.1, 0.15) is 5.56 Å². The molecule has 0 fully saturated rings. The van der Waals surface area contributed by atoms with Crippen LogP contribution < -0.4 is 10.1 Å². The van der Waals surface area contributed by atoms with E-state index in [1.54, 1.807) is 0 Å². The molecule has 2 aromatic carbocycles. The van der Waals surface area contributed by atoms with Crippen molar-refractivity contribution in [1.82, 2.24) is 4.98 Å². The first-order chi connectivity index (χ1) is 9.40. The summed E-state index contributed by atoms with van der Waals surface area (Å²) in [6, 6.07) is 18.2. The summed E-state index contributed by atoms with van der Waals surface area (Å²) < 4.78 is 5.94. The van der Waals surface area contributed by atoms with Crippen molar-refractivity contribution < 1.29 is 4.74 Å². The second kappa shape index (κ2) is 3.99. The molecule has 3 heteroatoms. The predicted octanol–water partition coefficient (Wildman–Crippen LogP) is 3.95. The van der Waals surface area contributed by atoms with E-state index >= 15 is 0 Å². The molecule has 4 rings (SSSR count). The fourth-order valence-electron chi connectivity index (χ4n) is 2.35. The summed E-state index contributed by atoms with van der Waals surface area (Å²) in [5, 5.41) is 4.52. The summed E-state index contributed by atoms with van der Waals surface area (Å²) in [5.41, 5.74) is 3.04. The summed E-state index contributed by atoms with van der Waals surface area (Å²) in [6.07, 6.45) is 0. The van der Waals surface area contributed by atoms with Crippen molar-refractivity contribution in [2.75, 3.05) is 5.32 Å². The molecule has 0 spiro atoms. The lowest BCUT2D eigenvalue weighted by Crippen LogP contribution is -1.98. The van der Waals surface area contributed by atoms with Crippen LogP contribution in [0.3, 0.4) is 0 Å². The maximum Gasteiger partial charge on any atom is 0.224 e. The van der Waals surface area contributed by atoms with E-state index in [-0.39, 0.29) is 0 Å². The number of ether oxygens (including phenoxy) is 1. The third-order valence-electron chi connectivity index (χ3n) is 3.33. The lowest BCUT2D eigenvalue weighted by atomic mass is 10.1. The molecule has 0 atom stereocenters. The van der Waals surface area contributed by atoms with Gasteiger partial charge in [-0.1, -0.05) is 30.3 Å². The number of anilines is 1. The van der Waals surface area contributed by atoms with Gasteiger partial charge in [0.2, 0.25) is 5.88 Å².